The molecule has 1 aliphatic rings. The van der Waals surface area contributed by atoms with Gasteiger partial charge in [0.05, 0.1) is 0 Å². The number of hydrogen-bond donors (Lipinski definition) is 2. The number of benzene rings is 2. The van der Waals surface area contributed by atoms with E-state index >= 15 is 0 Å². The first-order valence-electron chi connectivity index (χ1n) is 8.62. The first-order chi connectivity index (χ1) is 12.5. The van der Waals surface area contributed by atoms with Gasteiger partial charge in [0.15, 0.2) is 0 Å². The van der Waals surface area contributed by atoms with Gasteiger partial charge in [-0.1, -0.05) is 24.3 Å². The summed E-state index contributed by atoms with van der Waals surface area (Å²) in [5, 5.41) is 6.12. The van der Waals surface area contributed by atoms with Crippen molar-refractivity contribution in [3.63, 3.8) is 0 Å². The molecular formula is C20H22FN3O2. The lowest BCUT2D eigenvalue weighted by Gasteiger charge is -2.17. The van der Waals surface area contributed by atoms with Crippen LogP contribution in [-0.4, -0.2) is 29.3 Å². The Morgan fingerprint density at radius 2 is 1.96 bits per heavy atom. The molecule has 1 atom stereocenters. The maximum atomic E-state index is 13.3. The van der Waals surface area contributed by atoms with E-state index in [1.165, 1.54) is 19.1 Å². The Labute approximate surface area is 152 Å². The van der Waals surface area contributed by atoms with Crippen LogP contribution in [0.15, 0.2) is 48.5 Å². The average molecular weight is 355 g/mol. The molecule has 0 radical (unpaired) electrons. The number of rotatable bonds is 6. The van der Waals surface area contributed by atoms with Crippen LogP contribution in [0.4, 0.5) is 10.1 Å². The van der Waals surface area contributed by atoms with Crippen LogP contribution in [0.3, 0.4) is 0 Å². The Morgan fingerprint density at radius 3 is 2.65 bits per heavy atom. The third kappa shape index (κ3) is 4.89. The molecule has 0 aromatic heterocycles. The monoisotopic (exact) mass is 355 g/mol. The molecule has 0 saturated carbocycles. The summed E-state index contributed by atoms with van der Waals surface area (Å²) in [7, 11) is 0. The van der Waals surface area contributed by atoms with Gasteiger partial charge in [-0.3, -0.25) is 9.59 Å². The number of carbonyl (C=O) groups is 2. The van der Waals surface area contributed by atoms with Gasteiger partial charge in [0.2, 0.25) is 11.8 Å². The molecule has 1 aliphatic heterocycles. The Balaban J connectivity index is 1.50. The second kappa shape index (κ2) is 8.10. The van der Waals surface area contributed by atoms with Gasteiger partial charge in [-0.2, -0.15) is 0 Å². The molecule has 1 unspecified atom stereocenters. The summed E-state index contributed by atoms with van der Waals surface area (Å²) in [5.74, 6) is -0.307. The van der Waals surface area contributed by atoms with Gasteiger partial charge < -0.3 is 15.5 Å². The highest BCUT2D eigenvalue weighted by Gasteiger charge is 2.29. The van der Waals surface area contributed by atoms with Crippen molar-refractivity contribution in [1.82, 2.24) is 10.2 Å². The first kappa shape index (κ1) is 18.1. The van der Waals surface area contributed by atoms with E-state index in [1.54, 1.807) is 11.0 Å². The molecule has 0 bridgehead atoms. The van der Waals surface area contributed by atoms with Crippen LogP contribution >= 0.6 is 0 Å². The Bertz CT molecular complexity index is 792. The average Bonchev–Trinajstić information content (AvgIpc) is 2.93. The van der Waals surface area contributed by atoms with Gasteiger partial charge in [0.25, 0.3) is 0 Å². The molecule has 0 aliphatic carbocycles. The van der Waals surface area contributed by atoms with Crippen molar-refractivity contribution in [2.45, 2.75) is 32.5 Å². The third-order valence-corrected chi connectivity index (χ3v) is 4.35. The van der Waals surface area contributed by atoms with Crippen LogP contribution in [-0.2, 0) is 22.7 Å². The summed E-state index contributed by atoms with van der Waals surface area (Å²) in [6, 6.07) is 14.0. The van der Waals surface area contributed by atoms with E-state index < -0.39 is 0 Å². The van der Waals surface area contributed by atoms with Crippen molar-refractivity contribution in [3.05, 3.63) is 65.5 Å². The maximum absolute atomic E-state index is 13.3. The van der Waals surface area contributed by atoms with Gasteiger partial charge in [0.1, 0.15) is 5.82 Å². The Hall–Kier alpha value is -2.73. The first-order valence-corrected chi connectivity index (χ1v) is 8.62. The zero-order valence-electron chi connectivity index (χ0n) is 14.7. The fraction of sp³-hybridized carbons (Fsp3) is 0.300. The van der Waals surface area contributed by atoms with Gasteiger partial charge in [-0.15, -0.1) is 0 Å². The molecular weight excluding hydrogens is 333 g/mol. The number of nitrogens with one attached hydrogen (secondary N) is 2. The van der Waals surface area contributed by atoms with Crippen LogP contribution in [0, 0.1) is 5.82 Å². The van der Waals surface area contributed by atoms with Crippen molar-refractivity contribution >= 4 is 17.5 Å². The number of nitrogens with zero attached hydrogens (tertiary/aromatic N) is 1. The molecule has 26 heavy (non-hydrogen) atoms. The normalized spacial score (nSPS) is 16.8. The summed E-state index contributed by atoms with van der Waals surface area (Å²) in [6.07, 6.45) is 0.444. The molecule has 2 amide bonds. The van der Waals surface area contributed by atoms with Gasteiger partial charge in [-0.05, 0) is 35.4 Å². The standard InChI is InChI=1S/C20H22FN3O2/c1-14(25)23-18-7-5-15(6-8-18)11-22-19-10-20(26)24(13-19)12-16-3-2-4-17(21)9-16/h2-9,19,22H,10-13H2,1H3,(H,23,25). The lowest BCUT2D eigenvalue weighted by molar-refractivity contribution is -0.128. The SMILES string of the molecule is CC(=O)Nc1ccc(CNC2CC(=O)N(Cc3cccc(F)c3)C2)cc1. The molecule has 5 nitrogen and oxygen atoms in total. The molecule has 2 N–H and O–H groups in total. The van der Waals surface area contributed by atoms with Crippen LogP contribution in [0.1, 0.15) is 24.5 Å². The van der Waals surface area contributed by atoms with Crippen LogP contribution in [0.5, 0.6) is 0 Å². The molecule has 6 heteroatoms. The fourth-order valence-electron chi connectivity index (χ4n) is 3.09. The smallest absolute Gasteiger partial charge is 0.224 e. The number of amides is 2. The van der Waals surface area contributed by atoms with Crippen molar-refractivity contribution in [2.75, 3.05) is 11.9 Å². The molecule has 3 rings (SSSR count). The maximum Gasteiger partial charge on any atom is 0.224 e. The zero-order valence-corrected chi connectivity index (χ0v) is 14.7. The minimum absolute atomic E-state index is 0.0751. The topological polar surface area (TPSA) is 61.4 Å². The predicted molar refractivity (Wildman–Crippen MR) is 97.8 cm³/mol. The number of likely N-dealkylation sites (tertiary alicyclic amines) is 1. The molecule has 2 aromatic carbocycles. The Kier molecular flexibility index (Phi) is 5.63. The molecule has 1 saturated heterocycles. The summed E-state index contributed by atoms with van der Waals surface area (Å²) in [4.78, 5) is 25.0. The summed E-state index contributed by atoms with van der Waals surface area (Å²) in [5.41, 5.74) is 2.64. The second-order valence-corrected chi connectivity index (χ2v) is 6.56. The van der Waals surface area contributed by atoms with Crippen LogP contribution in [0.25, 0.3) is 0 Å². The van der Waals surface area contributed by atoms with Gasteiger partial charge in [0, 0.05) is 44.7 Å². The number of hydrogen-bond acceptors (Lipinski definition) is 3. The van der Waals surface area contributed by atoms with Gasteiger partial charge >= 0.3 is 0 Å². The highest BCUT2D eigenvalue weighted by molar-refractivity contribution is 5.88. The number of anilines is 1. The van der Waals surface area contributed by atoms with Crippen molar-refractivity contribution in [1.29, 1.82) is 0 Å². The highest BCUT2D eigenvalue weighted by atomic mass is 19.1. The molecule has 136 valence electrons. The molecule has 1 fully saturated rings. The van der Waals surface area contributed by atoms with Crippen molar-refractivity contribution < 1.29 is 14.0 Å². The quantitative estimate of drug-likeness (QED) is 0.837. The summed E-state index contributed by atoms with van der Waals surface area (Å²) < 4.78 is 13.3. The zero-order chi connectivity index (χ0) is 18.5. The minimum atomic E-state index is -0.286. The lowest BCUT2D eigenvalue weighted by Crippen LogP contribution is -2.32. The van der Waals surface area contributed by atoms with Crippen molar-refractivity contribution in [3.8, 4) is 0 Å². The fourth-order valence-corrected chi connectivity index (χ4v) is 3.09. The van der Waals surface area contributed by atoms with E-state index in [9.17, 15) is 14.0 Å². The Morgan fingerprint density at radius 1 is 1.19 bits per heavy atom. The van der Waals surface area contributed by atoms with Gasteiger partial charge in [-0.25, -0.2) is 4.39 Å². The minimum Gasteiger partial charge on any atom is -0.337 e. The molecule has 2 aromatic rings. The third-order valence-electron chi connectivity index (χ3n) is 4.35. The van der Waals surface area contributed by atoms with E-state index in [0.717, 1.165) is 16.8 Å². The number of halogens is 1. The van der Waals surface area contributed by atoms with E-state index in [1.807, 2.05) is 30.3 Å². The van der Waals surface area contributed by atoms with E-state index in [4.69, 9.17) is 0 Å². The number of carbonyl (C=O) groups excluding carboxylic acids is 2. The summed E-state index contributed by atoms with van der Waals surface area (Å²) >= 11 is 0. The molecule has 0 spiro atoms. The predicted octanol–water partition coefficient (Wildman–Crippen LogP) is 2.67. The van der Waals surface area contributed by atoms with E-state index in [-0.39, 0.29) is 23.7 Å². The summed E-state index contributed by atoms with van der Waals surface area (Å²) in [6.45, 7) is 3.16. The van der Waals surface area contributed by atoms with Crippen LogP contribution < -0.4 is 10.6 Å². The lowest BCUT2D eigenvalue weighted by atomic mass is 10.2. The van der Waals surface area contributed by atoms with E-state index in [0.29, 0.717) is 26.1 Å². The van der Waals surface area contributed by atoms with E-state index in [2.05, 4.69) is 10.6 Å². The highest BCUT2D eigenvalue weighted by Crippen LogP contribution is 2.17. The molecule has 1 heterocycles. The largest absolute Gasteiger partial charge is 0.337 e. The van der Waals surface area contributed by atoms with Crippen molar-refractivity contribution in [2.24, 2.45) is 0 Å². The second-order valence-electron chi connectivity index (χ2n) is 6.56. The van der Waals surface area contributed by atoms with Crippen LogP contribution in [0.2, 0.25) is 0 Å².